The quantitative estimate of drug-likeness (QED) is 0.856. The zero-order chi connectivity index (χ0) is 14.5. The Bertz CT molecular complexity index is 451. The lowest BCUT2D eigenvalue weighted by molar-refractivity contribution is 0.135. The average molecular weight is 286 g/mol. The first-order valence-corrected chi connectivity index (χ1v) is 6.76. The van der Waals surface area contributed by atoms with Gasteiger partial charge in [0.25, 0.3) is 0 Å². The number of nitrogens with zero attached hydrogens (tertiary/aromatic N) is 1. The summed E-state index contributed by atoms with van der Waals surface area (Å²) in [6.45, 7) is 2.82. The second-order valence-electron chi connectivity index (χ2n) is 4.79. The fourth-order valence-corrected chi connectivity index (χ4v) is 2.64. The van der Waals surface area contributed by atoms with E-state index in [0.717, 1.165) is 13.1 Å². The van der Waals surface area contributed by atoms with Crippen molar-refractivity contribution in [2.24, 2.45) is 0 Å². The minimum Gasteiger partial charge on any atom is -0.494 e. The Hall–Kier alpha value is -1.24. The number of rotatable bonds is 5. The Morgan fingerprint density at radius 1 is 1.35 bits per heavy atom. The zero-order valence-electron chi connectivity index (χ0n) is 11.5. The first-order chi connectivity index (χ1) is 9.69. The van der Waals surface area contributed by atoms with E-state index >= 15 is 0 Å². The van der Waals surface area contributed by atoms with E-state index < -0.39 is 17.7 Å². The van der Waals surface area contributed by atoms with Gasteiger partial charge in [0.15, 0.2) is 11.6 Å². The number of hydrogen-bond donors (Lipinski definition) is 2. The largest absolute Gasteiger partial charge is 0.494 e. The van der Waals surface area contributed by atoms with Crippen LogP contribution in [0.2, 0.25) is 0 Å². The van der Waals surface area contributed by atoms with Gasteiger partial charge in [-0.1, -0.05) is 0 Å². The van der Waals surface area contributed by atoms with E-state index in [1.165, 1.54) is 19.2 Å². The average Bonchev–Trinajstić information content (AvgIpc) is 2.47. The van der Waals surface area contributed by atoms with Gasteiger partial charge in [0.05, 0.1) is 7.11 Å². The highest BCUT2D eigenvalue weighted by atomic mass is 19.1. The van der Waals surface area contributed by atoms with Gasteiger partial charge in [-0.3, -0.25) is 4.90 Å². The molecule has 1 aliphatic rings. The lowest BCUT2D eigenvalue weighted by atomic mass is 9.99. The topological polar surface area (TPSA) is 44.7 Å². The molecule has 1 atom stereocenters. The van der Waals surface area contributed by atoms with Gasteiger partial charge >= 0.3 is 0 Å². The standard InChI is InChI=1S/C14H20F2N2O2/c1-20-12-3-2-10(15)13(14(12)16)11(4-9-19)18-7-5-17-6-8-18/h2-3,11,17,19H,4-9H2,1H3/t11-/m1/s1. The molecule has 20 heavy (non-hydrogen) atoms. The molecule has 0 amide bonds. The van der Waals surface area contributed by atoms with Crippen LogP contribution in [0.3, 0.4) is 0 Å². The maximum atomic E-state index is 14.4. The van der Waals surface area contributed by atoms with Crippen molar-refractivity contribution in [3.05, 3.63) is 29.3 Å². The van der Waals surface area contributed by atoms with Crippen molar-refractivity contribution in [3.63, 3.8) is 0 Å². The summed E-state index contributed by atoms with van der Waals surface area (Å²) in [6.07, 6.45) is 0.293. The normalized spacial score (nSPS) is 18.0. The lowest BCUT2D eigenvalue weighted by Gasteiger charge is -2.35. The van der Waals surface area contributed by atoms with E-state index in [-0.39, 0.29) is 17.9 Å². The minimum atomic E-state index is -0.676. The van der Waals surface area contributed by atoms with E-state index in [1.807, 2.05) is 4.90 Å². The van der Waals surface area contributed by atoms with E-state index in [9.17, 15) is 13.9 Å². The van der Waals surface area contributed by atoms with Gasteiger partial charge < -0.3 is 15.2 Å². The summed E-state index contributed by atoms with van der Waals surface area (Å²) in [4.78, 5) is 1.99. The van der Waals surface area contributed by atoms with Gasteiger partial charge in [-0.15, -0.1) is 0 Å². The maximum absolute atomic E-state index is 14.4. The van der Waals surface area contributed by atoms with Crippen molar-refractivity contribution < 1.29 is 18.6 Å². The number of nitrogens with one attached hydrogen (secondary N) is 1. The number of piperazine rings is 1. The summed E-state index contributed by atoms with van der Waals surface area (Å²) < 4.78 is 33.4. The Kier molecular flexibility index (Phi) is 5.28. The maximum Gasteiger partial charge on any atom is 0.172 e. The molecule has 0 unspecified atom stereocenters. The van der Waals surface area contributed by atoms with Crippen LogP contribution in [0.25, 0.3) is 0 Å². The fourth-order valence-electron chi connectivity index (χ4n) is 2.64. The second kappa shape index (κ2) is 6.97. The number of halogens is 2. The van der Waals surface area contributed by atoms with Gasteiger partial charge in [0.2, 0.25) is 0 Å². The van der Waals surface area contributed by atoms with Gasteiger partial charge in [-0.2, -0.15) is 0 Å². The van der Waals surface area contributed by atoms with Crippen LogP contribution in [0.4, 0.5) is 8.78 Å². The van der Waals surface area contributed by atoms with Crippen molar-refractivity contribution >= 4 is 0 Å². The van der Waals surface area contributed by atoms with Crippen molar-refractivity contribution in [1.82, 2.24) is 10.2 Å². The fraction of sp³-hybridized carbons (Fsp3) is 0.571. The minimum absolute atomic E-state index is 0.0136. The molecule has 1 heterocycles. The molecule has 0 spiro atoms. The highest BCUT2D eigenvalue weighted by Gasteiger charge is 2.28. The molecule has 0 saturated carbocycles. The molecule has 2 N–H and O–H groups in total. The predicted octanol–water partition coefficient (Wildman–Crippen LogP) is 1.30. The number of aliphatic hydroxyl groups is 1. The molecule has 1 fully saturated rings. The highest BCUT2D eigenvalue weighted by molar-refractivity contribution is 5.34. The summed E-state index contributed by atoms with van der Waals surface area (Å²) in [6, 6.07) is 2.02. The summed E-state index contributed by atoms with van der Waals surface area (Å²) in [5, 5.41) is 12.4. The van der Waals surface area contributed by atoms with Crippen LogP contribution in [0.1, 0.15) is 18.0 Å². The summed E-state index contributed by atoms with van der Waals surface area (Å²) in [7, 11) is 1.35. The Morgan fingerprint density at radius 3 is 2.65 bits per heavy atom. The molecule has 0 aliphatic carbocycles. The van der Waals surface area contributed by atoms with E-state index in [0.29, 0.717) is 19.5 Å². The van der Waals surface area contributed by atoms with Crippen LogP contribution < -0.4 is 10.1 Å². The molecular weight excluding hydrogens is 266 g/mol. The third-order valence-electron chi connectivity index (χ3n) is 3.64. The molecule has 4 nitrogen and oxygen atoms in total. The molecule has 1 aliphatic heterocycles. The zero-order valence-corrected chi connectivity index (χ0v) is 11.5. The van der Waals surface area contributed by atoms with E-state index in [4.69, 9.17) is 4.74 Å². The van der Waals surface area contributed by atoms with E-state index in [2.05, 4.69) is 5.32 Å². The molecular formula is C14H20F2N2O2. The Morgan fingerprint density at radius 2 is 2.05 bits per heavy atom. The second-order valence-corrected chi connectivity index (χ2v) is 4.79. The number of aliphatic hydroxyl groups excluding tert-OH is 1. The molecule has 112 valence electrons. The van der Waals surface area contributed by atoms with Gasteiger partial charge in [0, 0.05) is 44.4 Å². The molecule has 1 aromatic rings. The third-order valence-corrected chi connectivity index (χ3v) is 3.64. The Balaban J connectivity index is 2.37. The Labute approximate surface area is 117 Å². The van der Waals surface area contributed by atoms with Crippen LogP contribution in [0.5, 0.6) is 5.75 Å². The molecule has 0 bridgehead atoms. The number of hydrogen-bond acceptors (Lipinski definition) is 4. The highest BCUT2D eigenvalue weighted by Crippen LogP contribution is 2.33. The van der Waals surface area contributed by atoms with Crippen molar-refractivity contribution in [2.45, 2.75) is 12.5 Å². The molecule has 2 rings (SSSR count). The summed E-state index contributed by atoms with van der Waals surface area (Å²) in [5.74, 6) is -1.25. The summed E-state index contributed by atoms with van der Waals surface area (Å²) >= 11 is 0. The SMILES string of the molecule is COc1ccc(F)c([C@@H](CCO)N2CCNCC2)c1F. The third kappa shape index (κ3) is 3.08. The van der Waals surface area contributed by atoms with Gasteiger partial charge in [-0.25, -0.2) is 8.78 Å². The first kappa shape index (κ1) is 15.2. The van der Waals surface area contributed by atoms with Crippen LogP contribution in [0, 0.1) is 11.6 Å². The summed E-state index contributed by atoms with van der Waals surface area (Å²) in [5.41, 5.74) is -0.0136. The molecule has 0 radical (unpaired) electrons. The van der Waals surface area contributed by atoms with Crippen molar-refractivity contribution in [1.29, 1.82) is 0 Å². The van der Waals surface area contributed by atoms with Crippen LogP contribution in [-0.4, -0.2) is 49.9 Å². The number of methoxy groups -OCH3 is 1. The number of benzene rings is 1. The lowest BCUT2D eigenvalue weighted by Crippen LogP contribution is -2.45. The first-order valence-electron chi connectivity index (χ1n) is 6.76. The molecule has 0 aromatic heterocycles. The van der Waals surface area contributed by atoms with Gasteiger partial charge in [0.1, 0.15) is 5.82 Å². The van der Waals surface area contributed by atoms with Crippen LogP contribution in [-0.2, 0) is 0 Å². The van der Waals surface area contributed by atoms with Crippen molar-refractivity contribution in [3.8, 4) is 5.75 Å². The van der Waals surface area contributed by atoms with Crippen LogP contribution >= 0.6 is 0 Å². The predicted molar refractivity (Wildman–Crippen MR) is 71.8 cm³/mol. The molecule has 6 heteroatoms. The number of ether oxygens (including phenoxy) is 1. The van der Waals surface area contributed by atoms with Crippen LogP contribution in [0.15, 0.2) is 12.1 Å². The smallest absolute Gasteiger partial charge is 0.172 e. The molecule has 1 aromatic carbocycles. The van der Waals surface area contributed by atoms with Crippen molar-refractivity contribution in [2.75, 3.05) is 39.9 Å². The van der Waals surface area contributed by atoms with Gasteiger partial charge in [-0.05, 0) is 18.6 Å². The monoisotopic (exact) mass is 286 g/mol. The van der Waals surface area contributed by atoms with E-state index in [1.54, 1.807) is 0 Å². The molecule has 1 saturated heterocycles.